The molecule has 0 amide bonds. The van der Waals surface area contributed by atoms with Crippen LogP contribution in [0.2, 0.25) is 5.54 Å². The molecule has 4 rings (SSSR count). The molecule has 4 aromatic carbocycles. The van der Waals surface area contributed by atoms with Crippen LogP contribution in [0.25, 0.3) is 11.1 Å². The molecule has 0 aromatic heterocycles. The van der Waals surface area contributed by atoms with Crippen LogP contribution in [-0.2, 0) is 24.7 Å². The second kappa shape index (κ2) is 15.2. The van der Waals surface area contributed by atoms with Gasteiger partial charge in [0.1, 0.15) is 12.2 Å². The van der Waals surface area contributed by atoms with Crippen LogP contribution in [-0.4, -0.2) is 32.7 Å². The molecule has 0 fully saturated rings. The Hall–Kier alpha value is -3.77. The highest BCUT2D eigenvalue weighted by Crippen LogP contribution is 2.50. The quantitative estimate of drug-likeness (QED) is 0.0833. The van der Waals surface area contributed by atoms with E-state index < -0.39 is 28.1 Å². The molecular formula is C38H44FO5PSi. The van der Waals surface area contributed by atoms with Gasteiger partial charge < -0.3 is 14.1 Å². The molecule has 46 heavy (non-hydrogen) atoms. The lowest BCUT2D eigenvalue weighted by molar-refractivity contribution is -0.136. The Morgan fingerprint density at radius 1 is 0.935 bits per heavy atom. The third kappa shape index (κ3) is 7.95. The Morgan fingerprint density at radius 2 is 1.54 bits per heavy atom. The van der Waals surface area contributed by atoms with E-state index in [0.717, 1.165) is 44.6 Å². The smallest absolute Gasteiger partial charge is 0.317 e. The van der Waals surface area contributed by atoms with Gasteiger partial charge >= 0.3 is 14.3 Å². The van der Waals surface area contributed by atoms with Crippen LogP contribution < -0.4 is 10.4 Å². The summed E-state index contributed by atoms with van der Waals surface area (Å²) in [5.41, 5.74) is 5.53. The average Bonchev–Trinajstić information content (AvgIpc) is 3.04. The maximum Gasteiger partial charge on any atom is 0.317 e. The summed E-state index contributed by atoms with van der Waals surface area (Å²) in [6.45, 7) is 10.0. The molecule has 1 unspecified atom stereocenters. The molecule has 0 aliphatic carbocycles. The van der Waals surface area contributed by atoms with Crippen LogP contribution in [0.4, 0.5) is 4.39 Å². The van der Waals surface area contributed by atoms with Crippen molar-refractivity contribution in [3.8, 4) is 11.1 Å². The molecule has 0 heterocycles. The molecule has 0 bridgehead atoms. The fraction of sp³-hybridized carbons (Fsp3) is 0.289. The zero-order valence-electron chi connectivity index (χ0n) is 27.5. The number of aryl methyl sites for hydroxylation is 3. The summed E-state index contributed by atoms with van der Waals surface area (Å²) in [6.07, 6.45) is 0.922. The van der Waals surface area contributed by atoms with Crippen LogP contribution in [0.3, 0.4) is 0 Å². The first-order chi connectivity index (χ1) is 21.9. The van der Waals surface area contributed by atoms with Gasteiger partial charge in [-0.25, -0.2) is 4.39 Å². The van der Waals surface area contributed by atoms with Crippen molar-refractivity contribution in [2.45, 2.75) is 59.4 Å². The molecule has 4 aromatic rings. The normalized spacial score (nSPS) is 14.0. The van der Waals surface area contributed by atoms with Gasteiger partial charge in [-0.05, 0) is 83.1 Å². The number of aliphatic carboxylic acids is 1. The summed E-state index contributed by atoms with van der Waals surface area (Å²) >= 11 is 0. The molecule has 242 valence electrons. The highest BCUT2D eigenvalue weighted by Gasteiger charge is 2.47. The maximum atomic E-state index is 14.5. The predicted octanol–water partition coefficient (Wildman–Crippen LogP) is 8.78. The first-order valence-corrected chi connectivity index (χ1v) is 19.5. The maximum absolute atomic E-state index is 14.5. The van der Waals surface area contributed by atoms with Gasteiger partial charge in [0.25, 0.3) is 0 Å². The van der Waals surface area contributed by atoms with Crippen LogP contribution in [0.15, 0.2) is 103 Å². The summed E-state index contributed by atoms with van der Waals surface area (Å²) in [4.78, 5) is 12.2. The van der Waals surface area contributed by atoms with E-state index >= 15 is 0 Å². The highest BCUT2D eigenvalue weighted by molar-refractivity contribution is 7.62. The van der Waals surface area contributed by atoms with Gasteiger partial charge in [0, 0.05) is 19.1 Å². The first-order valence-electron chi connectivity index (χ1n) is 15.7. The summed E-state index contributed by atoms with van der Waals surface area (Å²) in [5, 5.41) is 12.0. The standard InChI is InChI=1S/C38H44FO5PSi/c1-7-30(5)46(33-14-10-8-11-15-33,34-16-12-9-13-17-34)44-32(25-38(40)41)26-45(42,43-6)21-20-35-28(3)22-27(2)23-36(35)31-18-19-37(39)29(4)24-31/h8-19,22-24,26,30H,7,20-21,25H2,1-6H3,(H,40,41)/t30-,45?/m1/s1. The highest BCUT2D eigenvalue weighted by atomic mass is 31.2. The molecular weight excluding hydrogens is 614 g/mol. The molecule has 8 heteroatoms. The second-order valence-corrected chi connectivity index (χ2v) is 18.3. The number of carbonyl (C=O) groups is 1. The Kier molecular flexibility index (Phi) is 11.6. The summed E-state index contributed by atoms with van der Waals surface area (Å²) in [5.74, 6) is 0.248. The lowest BCUT2D eigenvalue weighted by Crippen LogP contribution is -2.63. The molecule has 0 saturated heterocycles. The molecule has 0 aliphatic rings. The second-order valence-electron chi connectivity index (χ2n) is 12.0. The van der Waals surface area contributed by atoms with E-state index in [-0.39, 0.29) is 23.3 Å². The monoisotopic (exact) mass is 658 g/mol. The number of hydrogen-bond acceptors (Lipinski definition) is 4. The van der Waals surface area contributed by atoms with Crippen molar-refractivity contribution in [3.63, 3.8) is 0 Å². The van der Waals surface area contributed by atoms with Gasteiger partial charge in [-0.1, -0.05) is 105 Å². The lowest BCUT2D eigenvalue weighted by atomic mass is 9.91. The van der Waals surface area contributed by atoms with Gasteiger partial charge in [-0.3, -0.25) is 9.36 Å². The number of hydrogen-bond donors (Lipinski definition) is 1. The van der Waals surface area contributed by atoms with E-state index in [2.05, 4.69) is 26.0 Å². The molecule has 2 atom stereocenters. The Balaban J connectivity index is 1.79. The van der Waals surface area contributed by atoms with Crippen molar-refractivity contribution in [2.24, 2.45) is 0 Å². The van der Waals surface area contributed by atoms with E-state index in [1.54, 1.807) is 13.0 Å². The summed E-state index contributed by atoms with van der Waals surface area (Å²) in [6, 6.07) is 29.1. The van der Waals surface area contributed by atoms with Crippen LogP contribution in [0.5, 0.6) is 0 Å². The van der Waals surface area contributed by atoms with Crippen LogP contribution >= 0.6 is 7.37 Å². The van der Waals surface area contributed by atoms with Crippen LogP contribution in [0.1, 0.15) is 48.9 Å². The van der Waals surface area contributed by atoms with Crippen molar-refractivity contribution < 1.29 is 27.8 Å². The largest absolute Gasteiger partial charge is 0.537 e. The number of rotatable bonds is 14. The van der Waals surface area contributed by atoms with Gasteiger partial charge in [-0.15, -0.1) is 0 Å². The molecule has 5 nitrogen and oxygen atoms in total. The zero-order chi connectivity index (χ0) is 33.5. The predicted molar refractivity (Wildman–Crippen MR) is 188 cm³/mol. The number of carboxylic acid groups (broad SMARTS) is 1. The fourth-order valence-electron chi connectivity index (χ4n) is 6.17. The van der Waals surface area contributed by atoms with E-state index in [1.165, 1.54) is 19.0 Å². The molecule has 0 spiro atoms. The van der Waals surface area contributed by atoms with Gasteiger partial charge in [0.05, 0.1) is 5.76 Å². The first kappa shape index (κ1) is 35.1. The van der Waals surface area contributed by atoms with Crippen molar-refractivity contribution in [1.82, 2.24) is 0 Å². The minimum Gasteiger partial charge on any atom is -0.537 e. The van der Waals surface area contributed by atoms with E-state index in [4.69, 9.17) is 8.95 Å². The van der Waals surface area contributed by atoms with Gasteiger partial charge in [0.2, 0.25) is 7.37 Å². The molecule has 0 aliphatic heterocycles. The van der Waals surface area contributed by atoms with Crippen molar-refractivity contribution >= 4 is 32.0 Å². The van der Waals surface area contributed by atoms with Crippen molar-refractivity contribution in [2.75, 3.05) is 13.3 Å². The van der Waals surface area contributed by atoms with E-state index in [1.807, 2.05) is 80.6 Å². The summed E-state index contributed by atoms with van der Waals surface area (Å²) < 4.78 is 41.3. The zero-order valence-corrected chi connectivity index (χ0v) is 29.4. The number of halogens is 1. The minimum absolute atomic E-state index is 0.0633. The topological polar surface area (TPSA) is 72.8 Å². The van der Waals surface area contributed by atoms with Gasteiger partial charge in [0.15, 0.2) is 0 Å². The molecule has 1 N–H and O–H groups in total. The number of carboxylic acids is 1. The summed E-state index contributed by atoms with van der Waals surface area (Å²) in [7, 11) is -5.23. The van der Waals surface area contributed by atoms with E-state index in [0.29, 0.717) is 12.0 Å². The molecule has 0 saturated carbocycles. The minimum atomic E-state index is -3.53. The third-order valence-electron chi connectivity index (χ3n) is 8.74. The van der Waals surface area contributed by atoms with Gasteiger partial charge in [-0.2, -0.15) is 0 Å². The Bertz CT molecular complexity index is 1700. The van der Waals surface area contributed by atoms with Crippen LogP contribution in [0, 0.1) is 26.6 Å². The lowest BCUT2D eigenvalue weighted by Gasteiger charge is -2.38. The SMILES string of the molecule is CC[C@@H](C)[Si](OC(=CP(=O)(CCc1c(C)cc(C)cc1-c1ccc(F)c(C)c1)OC)CC(=O)O)(c1ccccc1)c1ccccc1. The average molecular weight is 659 g/mol. The fourth-order valence-corrected chi connectivity index (χ4v) is 12.2. The van der Waals surface area contributed by atoms with E-state index in [9.17, 15) is 18.9 Å². The molecule has 0 radical (unpaired) electrons. The van der Waals surface area contributed by atoms with Crippen molar-refractivity contribution in [3.05, 3.63) is 131 Å². The third-order valence-corrected chi connectivity index (χ3v) is 15.6. The number of benzene rings is 4. The Morgan fingerprint density at radius 3 is 2.07 bits per heavy atom. The Labute approximate surface area is 273 Å². The van der Waals surface area contributed by atoms with Crippen molar-refractivity contribution in [1.29, 1.82) is 0 Å².